The zero-order chi connectivity index (χ0) is 13.2. The molecule has 2 heterocycles. The molecule has 0 bridgehead atoms. The first-order valence-electron chi connectivity index (χ1n) is 6.14. The van der Waals surface area contributed by atoms with Gasteiger partial charge in [0, 0.05) is 5.69 Å². The van der Waals surface area contributed by atoms with E-state index in [0.717, 1.165) is 11.1 Å². The van der Waals surface area contributed by atoms with E-state index in [1.54, 1.807) is 0 Å². The van der Waals surface area contributed by atoms with Crippen LogP contribution in [0.2, 0.25) is 0 Å². The number of nitrogens with two attached hydrogens (primary N) is 1. The summed E-state index contributed by atoms with van der Waals surface area (Å²) in [7, 11) is 0. The van der Waals surface area contributed by atoms with Crippen molar-refractivity contribution in [1.82, 2.24) is 10.1 Å². The summed E-state index contributed by atoms with van der Waals surface area (Å²) in [6.45, 7) is 3.53. The lowest BCUT2D eigenvalue weighted by atomic mass is 10.1. The van der Waals surface area contributed by atoms with Crippen LogP contribution in [0, 0.1) is 6.92 Å². The number of benzene rings is 1. The molecule has 1 aliphatic heterocycles. The van der Waals surface area contributed by atoms with Crippen LogP contribution in [0.25, 0.3) is 11.5 Å². The smallest absolute Gasteiger partial charge is 0.260 e. The first-order valence-corrected chi connectivity index (χ1v) is 6.14. The van der Waals surface area contributed by atoms with E-state index in [4.69, 9.17) is 19.7 Å². The number of aromatic nitrogens is 2. The van der Waals surface area contributed by atoms with E-state index >= 15 is 0 Å². The van der Waals surface area contributed by atoms with E-state index in [1.807, 2.05) is 25.1 Å². The zero-order valence-corrected chi connectivity index (χ0v) is 10.6. The molecule has 2 aromatic rings. The molecular formula is C13H15N3O3. The molecule has 0 aliphatic carbocycles. The van der Waals surface area contributed by atoms with Crippen LogP contribution in [-0.4, -0.2) is 30.0 Å². The Kier molecular flexibility index (Phi) is 3.18. The average molecular weight is 261 g/mol. The van der Waals surface area contributed by atoms with Crippen molar-refractivity contribution in [3.05, 3.63) is 29.6 Å². The molecule has 1 fully saturated rings. The van der Waals surface area contributed by atoms with Crippen molar-refractivity contribution in [3.8, 4) is 11.5 Å². The van der Waals surface area contributed by atoms with E-state index in [0.29, 0.717) is 37.2 Å². The van der Waals surface area contributed by atoms with Gasteiger partial charge in [-0.25, -0.2) is 0 Å². The second kappa shape index (κ2) is 4.99. The van der Waals surface area contributed by atoms with Crippen LogP contribution >= 0.6 is 0 Å². The quantitative estimate of drug-likeness (QED) is 0.829. The van der Waals surface area contributed by atoms with Crippen molar-refractivity contribution in [2.24, 2.45) is 0 Å². The fraction of sp³-hybridized carbons (Fsp3) is 0.385. The van der Waals surface area contributed by atoms with Crippen LogP contribution in [0.3, 0.4) is 0 Å². The van der Waals surface area contributed by atoms with Crippen LogP contribution < -0.4 is 5.73 Å². The van der Waals surface area contributed by atoms with Crippen LogP contribution in [0.1, 0.15) is 17.5 Å². The molecule has 6 nitrogen and oxygen atoms in total. The Morgan fingerprint density at radius 2 is 2.21 bits per heavy atom. The molecule has 1 aliphatic rings. The van der Waals surface area contributed by atoms with E-state index in [9.17, 15) is 0 Å². The third kappa shape index (κ3) is 2.32. The summed E-state index contributed by atoms with van der Waals surface area (Å²) in [6, 6.07) is 5.71. The van der Waals surface area contributed by atoms with Gasteiger partial charge in [0.15, 0.2) is 0 Å². The summed E-state index contributed by atoms with van der Waals surface area (Å²) in [5, 5.41) is 3.94. The number of nitrogens with zero attached hydrogens (tertiary/aromatic N) is 2. The molecular weight excluding hydrogens is 246 g/mol. The number of ether oxygens (including phenoxy) is 2. The van der Waals surface area contributed by atoms with Gasteiger partial charge in [-0.05, 0) is 18.6 Å². The summed E-state index contributed by atoms with van der Waals surface area (Å²) in [5.41, 5.74) is 8.40. The molecule has 0 radical (unpaired) electrons. The first kappa shape index (κ1) is 12.1. The van der Waals surface area contributed by atoms with Gasteiger partial charge in [-0.1, -0.05) is 17.3 Å². The Balaban J connectivity index is 1.90. The highest BCUT2D eigenvalue weighted by Gasteiger charge is 2.23. The Morgan fingerprint density at radius 1 is 1.32 bits per heavy atom. The van der Waals surface area contributed by atoms with Crippen molar-refractivity contribution in [2.45, 2.75) is 13.0 Å². The Morgan fingerprint density at radius 3 is 3.00 bits per heavy atom. The minimum absolute atomic E-state index is 0.266. The normalized spacial score (nSPS) is 19.5. The van der Waals surface area contributed by atoms with E-state index in [1.165, 1.54) is 0 Å². The van der Waals surface area contributed by atoms with Gasteiger partial charge >= 0.3 is 0 Å². The highest BCUT2D eigenvalue weighted by Crippen LogP contribution is 2.28. The molecule has 0 amide bonds. The lowest BCUT2D eigenvalue weighted by Gasteiger charge is -2.19. The Bertz CT molecular complexity index is 576. The third-order valence-corrected chi connectivity index (χ3v) is 3.10. The van der Waals surface area contributed by atoms with E-state index in [-0.39, 0.29) is 6.10 Å². The van der Waals surface area contributed by atoms with Gasteiger partial charge in [-0.2, -0.15) is 4.98 Å². The predicted molar refractivity (Wildman–Crippen MR) is 68.4 cm³/mol. The van der Waals surface area contributed by atoms with Crippen molar-refractivity contribution in [3.63, 3.8) is 0 Å². The molecule has 1 aromatic heterocycles. The third-order valence-electron chi connectivity index (χ3n) is 3.10. The molecule has 1 atom stereocenters. The van der Waals surface area contributed by atoms with Gasteiger partial charge in [-0.3, -0.25) is 0 Å². The predicted octanol–water partition coefficient (Wildman–Crippen LogP) is 1.72. The molecule has 2 N–H and O–H groups in total. The van der Waals surface area contributed by atoms with Gasteiger partial charge in [0.1, 0.15) is 6.10 Å². The number of rotatable bonds is 2. The SMILES string of the molecule is Cc1cccc(-c2nc(C3COCCO3)no2)c1N. The van der Waals surface area contributed by atoms with Gasteiger partial charge in [0.2, 0.25) is 5.82 Å². The maximum atomic E-state index is 6.02. The van der Waals surface area contributed by atoms with Gasteiger partial charge in [0.05, 0.1) is 25.4 Å². The molecule has 1 saturated heterocycles. The van der Waals surface area contributed by atoms with Crippen molar-refractivity contribution in [1.29, 1.82) is 0 Å². The van der Waals surface area contributed by atoms with Crippen LogP contribution in [0.4, 0.5) is 5.69 Å². The standard InChI is InChI=1S/C13H15N3O3/c1-8-3-2-4-9(11(8)14)13-15-12(16-19-13)10-7-17-5-6-18-10/h2-4,10H,5-7,14H2,1H3. The fourth-order valence-electron chi connectivity index (χ4n) is 1.98. The first-order chi connectivity index (χ1) is 9.25. The highest BCUT2D eigenvalue weighted by atomic mass is 16.6. The minimum atomic E-state index is -0.266. The summed E-state index contributed by atoms with van der Waals surface area (Å²) in [5.74, 6) is 0.904. The van der Waals surface area contributed by atoms with Gasteiger partial charge < -0.3 is 19.7 Å². The molecule has 19 heavy (non-hydrogen) atoms. The molecule has 3 rings (SSSR count). The molecule has 100 valence electrons. The number of para-hydroxylation sites is 1. The lowest BCUT2D eigenvalue weighted by Crippen LogP contribution is -2.22. The van der Waals surface area contributed by atoms with Gasteiger partial charge in [0.25, 0.3) is 5.89 Å². The topological polar surface area (TPSA) is 83.4 Å². The molecule has 0 spiro atoms. The van der Waals surface area contributed by atoms with Crippen molar-refractivity contribution in [2.75, 3.05) is 25.6 Å². The van der Waals surface area contributed by atoms with Crippen LogP contribution in [0.5, 0.6) is 0 Å². The van der Waals surface area contributed by atoms with Gasteiger partial charge in [-0.15, -0.1) is 0 Å². The Labute approximate surface area is 110 Å². The largest absolute Gasteiger partial charge is 0.398 e. The maximum absolute atomic E-state index is 6.02. The number of anilines is 1. The second-order valence-corrected chi connectivity index (χ2v) is 4.43. The molecule has 0 saturated carbocycles. The highest BCUT2D eigenvalue weighted by molar-refractivity contribution is 5.73. The number of nitrogen functional groups attached to an aromatic ring is 1. The lowest BCUT2D eigenvalue weighted by molar-refractivity contribution is -0.0941. The number of aryl methyl sites for hydroxylation is 1. The van der Waals surface area contributed by atoms with Crippen molar-refractivity contribution < 1.29 is 14.0 Å². The fourth-order valence-corrected chi connectivity index (χ4v) is 1.98. The second-order valence-electron chi connectivity index (χ2n) is 4.43. The summed E-state index contributed by atoms with van der Waals surface area (Å²) in [6.07, 6.45) is -0.266. The Hall–Kier alpha value is -1.92. The molecule has 6 heteroatoms. The molecule has 1 unspecified atom stereocenters. The van der Waals surface area contributed by atoms with Crippen LogP contribution in [0.15, 0.2) is 22.7 Å². The minimum Gasteiger partial charge on any atom is -0.398 e. The summed E-state index contributed by atoms with van der Waals surface area (Å²) < 4.78 is 16.1. The maximum Gasteiger partial charge on any atom is 0.260 e. The summed E-state index contributed by atoms with van der Waals surface area (Å²) >= 11 is 0. The molecule has 1 aromatic carbocycles. The average Bonchev–Trinajstić information content (AvgIpc) is 2.92. The number of hydrogen-bond acceptors (Lipinski definition) is 6. The van der Waals surface area contributed by atoms with E-state index < -0.39 is 0 Å². The zero-order valence-electron chi connectivity index (χ0n) is 10.6. The monoisotopic (exact) mass is 261 g/mol. The summed E-state index contributed by atoms with van der Waals surface area (Å²) in [4.78, 5) is 4.34. The number of hydrogen-bond donors (Lipinski definition) is 1. The van der Waals surface area contributed by atoms with Crippen LogP contribution in [-0.2, 0) is 9.47 Å². The van der Waals surface area contributed by atoms with E-state index in [2.05, 4.69) is 10.1 Å². The van der Waals surface area contributed by atoms with Crippen molar-refractivity contribution >= 4 is 5.69 Å².